The maximum Gasteiger partial charge on any atom is 0.221 e. The lowest BCUT2D eigenvalue weighted by Gasteiger charge is -2.17. The van der Waals surface area contributed by atoms with Crippen LogP contribution < -0.4 is 5.32 Å². The number of ketones is 2. The summed E-state index contributed by atoms with van der Waals surface area (Å²) < 4.78 is 1.64. The van der Waals surface area contributed by atoms with Gasteiger partial charge in [0.05, 0.1) is 23.5 Å². The molecule has 0 spiro atoms. The molecule has 28 heavy (non-hydrogen) atoms. The number of nitrogens with zero attached hydrogens (tertiary/aromatic N) is 2. The fourth-order valence-corrected chi connectivity index (χ4v) is 3.89. The molecule has 1 N–H and O–H groups in total. The number of amides is 1. The molecule has 0 aliphatic heterocycles. The second-order valence-electron chi connectivity index (χ2n) is 6.98. The summed E-state index contributed by atoms with van der Waals surface area (Å²) in [7, 11) is 0. The summed E-state index contributed by atoms with van der Waals surface area (Å²) >= 11 is 5.94. The Labute approximate surface area is 168 Å². The molecule has 144 valence electrons. The number of carbonyl (C=O) groups is 3. The van der Waals surface area contributed by atoms with Crippen molar-refractivity contribution in [1.29, 1.82) is 0 Å². The molecule has 0 radical (unpaired) electrons. The van der Waals surface area contributed by atoms with Crippen LogP contribution in [-0.2, 0) is 14.4 Å². The molecule has 1 heterocycles. The minimum atomic E-state index is -0.833. The Bertz CT molecular complexity index is 980. The number of aryl methyl sites for hydroxylation is 2. The van der Waals surface area contributed by atoms with E-state index in [1.807, 2.05) is 26.0 Å². The average Bonchev–Trinajstić information content (AvgIpc) is 3.18. The number of rotatable bonds is 5. The highest BCUT2D eigenvalue weighted by molar-refractivity contribution is 6.30. The van der Waals surface area contributed by atoms with Crippen LogP contribution in [0.3, 0.4) is 0 Å². The van der Waals surface area contributed by atoms with Gasteiger partial charge in [-0.25, -0.2) is 4.68 Å². The summed E-state index contributed by atoms with van der Waals surface area (Å²) in [5.74, 6) is 0.195. The molecule has 1 aromatic heterocycles. The van der Waals surface area contributed by atoms with Crippen LogP contribution in [-0.4, -0.2) is 33.8 Å². The Hall–Kier alpha value is -2.91. The van der Waals surface area contributed by atoms with Crippen LogP contribution >= 0.6 is 11.6 Å². The third-order valence-corrected chi connectivity index (χ3v) is 5.15. The van der Waals surface area contributed by atoms with Crippen molar-refractivity contribution in [2.24, 2.45) is 5.92 Å². The Morgan fingerprint density at radius 1 is 1.36 bits per heavy atom. The predicted octanol–water partition coefficient (Wildman–Crippen LogP) is 2.52. The molecule has 2 atom stereocenters. The number of carbonyl (C=O) groups excluding carboxylic acids is 3. The molecule has 0 bridgehead atoms. The SMILES string of the molecule is C#CCNC(=O)CC1CC(=O)C(c2c(C)cc(-n3cc(Cl)cn3)cc2C)C1=O. The van der Waals surface area contributed by atoms with Crippen LogP contribution in [0.2, 0.25) is 5.02 Å². The van der Waals surface area contributed by atoms with Crippen LogP contribution in [0, 0.1) is 32.1 Å². The molecule has 0 saturated heterocycles. The minimum Gasteiger partial charge on any atom is -0.345 e. The first kappa shape index (κ1) is 19.8. The van der Waals surface area contributed by atoms with Gasteiger partial charge in [0.2, 0.25) is 5.91 Å². The first-order valence-corrected chi connectivity index (χ1v) is 9.28. The van der Waals surface area contributed by atoms with Crippen LogP contribution in [0.25, 0.3) is 5.69 Å². The second-order valence-corrected chi connectivity index (χ2v) is 7.42. The summed E-state index contributed by atoms with van der Waals surface area (Å²) in [5, 5.41) is 7.25. The van der Waals surface area contributed by atoms with Crippen LogP contribution in [0.1, 0.15) is 35.4 Å². The van der Waals surface area contributed by atoms with E-state index in [1.54, 1.807) is 17.1 Å². The highest BCUT2D eigenvalue weighted by Crippen LogP contribution is 2.37. The number of halogens is 1. The van der Waals surface area contributed by atoms with E-state index in [4.69, 9.17) is 18.0 Å². The smallest absolute Gasteiger partial charge is 0.221 e. The quantitative estimate of drug-likeness (QED) is 0.621. The summed E-state index contributed by atoms with van der Waals surface area (Å²) in [6.45, 7) is 3.84. The molecule has 3 rings (SSSR count). The lowest BCUT2D eigenvalue weighted by Crippen LogP contribution is -2.27. The summed E-state index contributed by atoms with van der Waals surface area (Å²) in [5.41, 5.74) is 3.16. The van der Waals surface area contributed by atoms with Gasteiger partial charge < -0.3 is 5.32 Å². The second kappa shape index (κ2) is 7.99. The predicted molar refractivity (Wildman–Crippen MR) is 105 cm³/mol. The van der Waals surface area contributed by atoms with Crippen molar-refractivity contribution in [3.8, 4) is 18.0 Å². The summed E-state index contributed by atoms with van der Waals surface area (Å²) in [6, 6.07) is 3.75. The van der Waals surface area contributed by atoms with E-state index >= 15 is 0 Å². The van der Waals surface area contributed by atoms with Crippen molar-refractivity contribution in [1.82, 2.24) is 15.1 Å². The van der Waals surface area contributed by atoms with E-state index in [2.05, 4.69) is 16.3 Å². The number of benzene rings is 1. The first-order valence-electron chi connectivity index (χ1n) is 8.90. The minimum absolute atomic E-state index is 0.0231. The Balaban J connectivity index is 1.87. The highest BCUT2D eigenvalue weighted by atomic mass is 35.5. The van der Waals surface area contributed by atoms with Crippen molar-refractivity contribution in [2.45, 2.75) is 32.6 Å². The Kier molecular flexibility index (Phi) is 5.66. The zero-order valence-corrected chi connectivity index (χ0v) is 16.4. The van der Waals surface area contributed by atoms with E-state index < -0.39 is 11.8 Å². The third kappa shape index (κ3) is 3.85. The fourth-order valence-electron chi connectivity index (χ4n) is 3.76. The van der Waals surface area contributed by atoms with Gasteiger partial charge in [-0.1, -0.05) is 17.5 Å². The molecule has 1 aliphatic carbocycles. The molecule has 1 fully saturated rings. The number of terminal acetylenes is 1. The van der Waals surface area contributed by atoms with Gasteiger partial charge in [-0.05, 0) is 42.7 Å². The van der Waals surface area contributed by atoms with E-state index in [1.165, 1.54) is 0 Å². The normalized spacial score (nSPS) is 18.9. The lowest BCUT2D eigenvalue weighted by molar-refractivity contribution is -0.128. The van der Waals surface area contributed by atoms with Crippen molar-refractivity contribution >= 4 is 29.1 Å². The third-order valence-electron chi connectivity index (χ3n) is 4.96. The van der Waals surface area contributed by atoms with E-state index in [0.717, 1.165) is 16.8 Å². The molecule has 2 unspecified atom stereocenters. The topological polar surface area (TPSA) is 81.1 Å². The molecule has 2 aromatic rings. The Morgan fingerprint density at radius 2 is 2.04 bits per heavy atom. The fraction of sp³-hybridized carbons (Fsp3) is 0.333. The number of hydrogen-bond acceptors (Lipinski definition) is 4. The monoisotopic (exact) mass is 397 g/mol. The number of hydrogen-bond donors (Lipinski definition) is 1. The molecular weight excluding hydrogens is 378 g/mol. The molecule has 1 aromatic carbocycles. The van der Waals surface area contributed by atoms with Crippen LogP contribution in [0.5, 0.6) is 0 Å². The van der Waals surface area contributed by atoms with E-state index in [-0.39, 0.29) is 36.9 Å². The first-order chi connectivity index (χ1) is 13.3. The molecule has 1 saturated carbocycles. The van der Waals surface area contributed by atoms with Gasteiger partial charge in [-0.15, -0.1) is 6.42 Å². The largest absolute Gasteiger partial charge is 0.345 e. The van der Waals surface area contributed by atoms with Gasteiger partial charge in [0.25, 0.3) is 0 Å². The highest BCUT2D eigenvalue weighted by Gasteiger charge is 2.43. The Morgan fingerprint density at radius 3 is 2.61 bits per heavy atom. The molecule has 6 nitrogen and oxygen atoms in total. The van der Waals surface area contributed by atoms with Gasteiger partial charge in [0, 0.05) is 25.0 Å². The van der Waals surface area contributed by atoms with Gasteiger partial charge in [-0.3, -0.25) is 14.4 Å². The number of nitrogens with one attached hydrogen (secondary N) is 1. The van der Waals surface area contributed by atoms with Gasteiger partial charge >= 0.3 is 0 Å². The molecule has 1 amide bonds. The number of Topliss-reactive ketones (excluding diaryl/α,β-unsaturated/α-hetero) is 2. The van der Waals surface area contributed by atoms with Gasteiger partial charge in [-0.2, -0.15) is 5.10 Å². The van der Waals surface area contributed by atoms with Crippen molar-refractivity contribution < 1.29 is 14.4 Å². The molecule has 7 heteroatoms. The zero-order valence-electron chi connectivity index (χ0n) is 15.7. The van der Waals surface area contributed by atoms with Crippen molar-refractivity contribution in [2.75, 3.05) is 6.54 Å². The van der Waals surface area contributed by atoms with Crippen molar-refractivity contribution in [3.63, 3.8) is 0 Å². The van der Waals surface area contributed by atoms with E-state index in [0.29, 0.717) is 10.6 Å². The zero-order chi connectivity index (χ0) is 20.4. The lowest BCUT2D eigenvalue weighted by atomic mass is 9.87. The van der Waals surface area contributed by atoms with Gasteiger partial charge in [0.15, 0.2) is 5.78 Å². The van der Waals surface area contributed by atoms with Crippen LogP contribution in [0.4, 0.5) is 0 Å². The van der Waals surface area contributed by atoms with E-state index in [9.17, 15) is 14.4 Å². The number of aromatic nitrogens is 2. The van der Waals surface area contributed by atoms with Crippen LogP contribution in [0.15, 0.2) is 24.5 Å². The maximum absolute atomic E-state index is 12.9. The molecule has 1 aliphatic rings. The summed E-state index contributed by atoms with van der Waals surface area (Å²) in [6.07, 6.45) is 8.40. The summed E-state index contributed by atoms with van der Waals surface area (Å²) in [4.78, 5) is 37.4. The maximum atomic E-state index is 12.9. The average molecular weight is 398 g/mol. The van der Waals surface area contributed by atoms with Gasteiger partial charge in [0.1, 0.15) is 11.7 Å². The van der Waals surface area contributed by atoms with Crippen molar-refractivity contribution in [3.05, 3.63) is 46.2 Å². The molecular formula is C21H20ClN3O3. The standard InChI is InChI=1S/C21H20ClN3O3/c1-4-5-23-18(27)9-14-8-17(26)20(21(14)28)19-12(2)6-16(7-13(19)3)25-11-15(22)10-24-25/h1,6-7,10-11,14,20H,5,8-9H2,2-3H3,(H,23,27).